The van der Waals surface area contributed by atoms with E-state index in [4.69, 9.17) is 17.3 Å². The molecule has 102 valence electrons. The van der Waals surface area contributed by atoms with Gasteiger partial charge in [-0.2, -0.15) is 0 Å². The molecule has 0 spiro atoms. The molecule has 1 nitrogen and oxygen atoms in total. The number of hydrogen-bond donors (Lipinski definition) is 1. The van der Waals surface area contributed by atoms with Crippen LogP contribution in [0.5, 0.6) is 0 Å². The predicted molar refractivity (Wildman–Crippen MR) is 88.8 cm³/mol. The first kappa shape index (κ1) is 13.6. The molecule has 2 aromatic carbocycles. The van der Waals surface area contributed by atoms with Crippen molar-refractivity contribution in [1.29, 1.82) is 0 Å². The van der Waals surface area contributed by atoms with E-state index in [0.29, 0.717) is 12.5 Å². The van der Waals surface area contributed by atoms with Gasteiger partial charge in [0.2, 0.25) is 0 Å². The summed E-state index contributed by atoms with van der Waals surface area (Å²) in [5.41, 5.74) is 8.57. The Labute approximate surface area is 128 Å². The Morgan fingerprint density at radius 2 is 1.95 bits per heavy atom. The highest BCUT2D eigenvalue weighted by molar-refractivity contribution is 7.17. The molecule has 0 fully saturated rings. The normalized spacial score (nSPS) is 12.7. The van der Waals surface area contributed by atoms with Crippen LogP contribution in [0.1, 0.15) is 17.0 Å². The topological polar surface area (TPSA) is 26.0 Å². The molecular weight excluding hydrogens is 286 g/mol. The molecule has 1 aromatic heterocycles. The van der Waals surface area contributed by atoms with Gasteiger partial charge in [0.05, 0.1) is 0 Å². The second-order valence-electron chi connectivity index (χ2n) is 4.95. The number of halogens is 1. The van der Waals surface area contributed by atoms with Crippen LogP contribution in [0, 0.1) is 0 Å². The largest absolute Gasteiger partial charge is 0.330 e. The quantitative estimate of drug-likeness (QED) is 0.733. The van der Waals surface area contributed by atoms with Gasteiger partial charge in [-0.05, 0) is 53.1 Å². The van der Waals surface area contributed by atoms with Gasteiger partial charge in [-0.25, -0.2) is 0 Å². The van der Waals surface area contributed by atoms with E-state index in [1.165, 1.54) is 21.2 Å². The van der Waals surface area contributed by atoms with Gasteiger partial charge in [0.15, 0.2) is 0 Å². The zero-order valence-electron chi connectivity index (χ0n) is 11.1. The van der Waals surface area contributed by atoms with Gasteiger partial charge in [-0.1, -0.05) is 41.9 Å². The fourth-order valence-electron chi connectivity index (χ4n) is 2.55. The molecular formula is C17H16ClNS. The molecule has 0 aliphatic rings. The van der Waals surface area contributed by atoms with Gasteiger partial charge in [-0.15, -0.1) is 11.3 Å². The Morgan fingerprint density at radius 3 is 2.75 bits per heavy atom. The van der Waals surface area contributed by atoms with Crippen LogP contribution in [0.2, 0.25) is 5.02 Å². The van der Waals surface area contributed by atoms with Crippen LogP contribution in [0.3, 0.4) is 0 Å². The molecule has 2 N–H and O–H groups in total. The SMILES string of the molecule is NCC(Cc1csc2ccccc12)c1cccc(Cl)c1. The van der Waals surface area contributed by atoms with Crippen LogP contribution < -0.4 is 5.73 Å². The van der Waals surface area contributed by atoms with Gasteiger partial charge < -0.3 is 5.73 Å². The third kappa shape index (κ3) is 2.73. The van der Waals surface area contributed by atoms with Crippen molar-refractivity contribution in [1.82, 2.24) is 0 Å². The Balaban J connectivity index is 1.92. The van der Waals surface area contributed by atoms with E-state index < -0.39 is 0 Å². The smallest absolute Gasteiger partial charge is 0.0408 e. The van der Waals surface area contributed by atoms with Crippen molar-refractivity contribution >= 4 is 33.0 Å². The molecule has 0 saturated carbocycles. The lowest BCUT2D eigenvalue weighted by Crippen LogP contribution is -2.14. The maximum Gasteiger partial charge on any atom is 0.0408 e. The minimum atomic E-state index is 0.312. The zero-order chi connectivity index (χ0) is 13.9. The molecule has 0 saturated heterocycles. The highest BCUT2D eigenvalue weighted by Gasteiger charge is 2.13. The molecule has 3 aromatic rings. The van der Waals surface area contributed by atoms with Gasteiger partial charge in [0, 0.05) is 15.6 Å². The second-order valence-corrected chi connectivity index (χ2v) is 6.30. The van der Waals surface area contributed by atoms with Crippen molar-refractivity contribution in [2.75, 3.05) is 6.54 Å². The first-order valence-electron chi connectivity index (χ1n) is 6.68. The minimum absolute atomic E-state index is 0.312. The molecule has 3 heteroatoms. The Bertz CT molecular complexity index is 720. The third-order valence-corrected chi connectivity index (χ3v) is 4.88. The van der Waals surface area contributed by atoms with E-state index in [-0.39, 0.29) is 0 Å². The van der Waals surface area contributed by atoms with Gasteiger partial charge >= 0.3 is 0 Å². The number of thiophene rings is 1. The van der Waals surface area contributed by atoms with Gasteiger partial charge in [0.25, 0.3) is 0 Å². The van der Waals surface area contributed by atoms with E-state index in [9.17, 15) is 0 Å². The van der Waals surface area contributed by atoms with Crippen LogP contribution in [0.15, 0.2) is 53.9 Å². The molecule has 20 heavy (non-hydrogen) atoms. The van der Waals surface area contributed by atoms with E-state index in [1.54, 1.807) is 11.3 Å². The van der Waals surface area contributed by atoms with Crippen molar-refractivity contribution in [3.63, 3.8) is 0 Å². The predicted octanol–water partition coefficient (Wildman–Crippen LogP) is 4.84. The summed E-state index contributed by atoms with van der Waals surface area (Å²) in [5, 5.41) is 4.37. The Hall–Kier alpha value is -1.35. The van der Waals surface area contributed by atoms with Gasteiger partial charge in [-0.3, -0.25) is 0 Å². The van der Waals surface area contributed by atoms with E-state index in [1.807, 2.05) is 18.2 Å². The van der Waals surface area contributed by atoms with Crippen molar-refractivity contribution in [2.24, 2.45) is 5.73 Å². The number of nitrogens with two attached hydrogens (primary N) is 1. The van der Waals surface area contributed by atoms with Crippen LogP contribution in [-0.2, 0) is 6.42 Å². The van der Waals surface area contributed by atoms with Crippen LogP contribution in [0.4, 0.5) is 0 Å². The number of fused-ring (bicyclic) bond motifs is 1. The summed E-state index contributed by atoms with van der Waals surface area (Å²) >= 11 is 7.88. The molecule has 1 heterocycles. The van der Waals surface area contributed by atoms with Crippen LogP contribution >= 0.6 is 22.9 Å². The van der Waals surface area contributed by atoms with Crippen LogP contribution in [-0.4, -0.2) is 6.54 Å². The number of hydrogen-bond acceptors (Lipinski definition) is 2. The fraction of sp³-hybridized carbons (Fsp3) is 0.176. The summed E-state index contributed by atoms with van der Waals surface area (Å²) in [5.74, 6) is 0.312. The molecule has 0 aliphatic heterocycles. The lowest BCUT2D eigenvalue weighted by molar-refractivity contribution is 0.698. The molecule has 0 bridgehead atoms. The summed E-state index contributed by atoms with van der Waals surface area (Å²) in [7, 11) is 0. The Morgan fingerprint density at radius 1 is 1.10 bits per heavy atom. The summed E-state index contributed by atoms with van der Waals surface area (Å²) in [6.07, 6.45) is 0.959. The molecule has 0 amide bonds. The maximum absolute atomic E-state index is 6.08. The van der Waals surface area contributed by atoms with Crippen molar-refractivity contribution in [3.05, 3.63) is 70.1 Å². The highest BCUT2D eigenvalue weighted by atomic mass is 35.5. The van der Waals surface area contributed by atoms with Crippen molar-refractivity contribution in [2.45, 2.75) is 12.3 Å². The number of benzene rings is 2. The lowest BCUT2D eigenvalue weighted by atomic mass is 9.92. The Kier molecular flexibility index (Phi) is 4.06. The lowest BCUT2D eigenvalue weighted by Gasteiger charge is -2.15. The summed E-state index contributed by atoms with van der Waals surface area (Å²) in [6, 6.07) is 16.6. The molecule has 1 atom stereocenters. The average Bonchev–Trinajstić information content (AvgIpc) is 2.88. The summed E-state index contributed by atoms with van der Waals surface area (Å²) < 4.78 is 1.34. The minimum Gasteiger partial charge on any atom is -0.330 e. The third-order valence-electron chi connectivity index (χ3n) is 3.63. The standard InChI is InChI=1S/C17H16ClNS/c18-15-5-3-4-12(9-15)13(10-19)8-14-11-20-17-7-2-1-6-16(14)17/h1-7,9,11,13H,8,10,19H2. The van der Waals surface area contributed by atoms with Crippen molar-refractivity contribution in [3.8, 4) is 0 Å². The van der Waals surface area contributed by atoms with E-state index in [0.717, 1.165) is 11.4 Å². The molecule has 0 radical (unpaired) electrons. The van der Waals surface area contributed by atoms with Crippen molar-refractivity contribution < 1.29 is 0 Å². The van der Waals surface area contributed by atoms with Gasteiger partial charge in [0.1, 0.15) is 0 Å². The number of rotatable bonds is 4. The second kappa shape index (κ2) is 5.96. The summed E-state index contributed by atoms with van der Waals surface area (Å²) in [4.78, 5) is 0. The average molecular weight is 302 g/mol. The molecule has 3 rings (SSSR count). The first-order valence-corrected chi connectivity index (χ1v) is 7.94. The van der Waals surface area contributed by atoms with E-state index in [2.05, 4.69) is 35.7 Å². The first-order chi connectivity index (χ1) is 9.78. The fourth-order valence-corrected chi connectivity index (χ4v) is 3.73. The summed E-state index contributed by atoms with van der Waals surface area (Å²) in [6.45, 7) is 0.629. The monoisotopic (exact) mass is 301 g/mol. The molecule has 0 aliphatic carbocycles. The van der Waals surface area contributed by atoms with Crippen LogP contribution in [0.25, 0.3) is 10.1 Å². The molecule has 1 unspecified atom stereocenters. The maximum atomic E-state index is 6.08. The zero-order valence-corrected chi connectivity index (χ0v) is 12.6. The highest BCUT2D eigenvalue weighted by Crippen LogP contribution is 2.30. The van der Waals surface area contributed by atoms with E-state index >= 15 is 0 Å².